The van der Waals surface area contributed by atoms with E-state index in [1.807, 2.05) is 23.7 Å². The normalized spacial score (nSPS) is 11.0. The monoisotopic (exact) mass is 430 g/mol. The number of fused-ring (bicyclic) bond motifs is 1. The van der Waals surface area contributed by atoms with E-state index in [1.54, 1.807) is 5.48 Å². The molecule has 1 amide bonds. The van der Waals surface area contributed by atoms with Gasteiger partial charge in [0.2, 0.25) is 5.91 Å². The SMILES string of the molecule is Cn1c(OCCCCCCC(=O)NO)nc2cc(N(CCCl)CCCl)ccc21. The summed E-state index contributed by atoms with van der Waals surface area (Å²) in [6.07, 6.45) is 3.85. The molecule has 9 heteroatoms. The Hall–Kier alpha value is -1.70. The molecule has 0 spiro atoms. The van der Waals surface area contributed by atoms with Gasteiger partial charge in [-0.05, 0) is 31.0 Å². The standard InChI is InChI=1S/C19H28Cl2N4O3/c1-24-17-8-7-15(25(11-9-20)12-10-21)14-16(17)22-19(24)28-13-5-3-2-4-6-18(26)23-27/h7-8,14,27H,2-6,9-13H2,1H3,(H,23,26). The third kappa shape index (κ3) is 6.43. The number of carbonyl (C=O) groups is 1. The van der Waals surface area contributed by atoms with Crippen LogP contribution in [0.1, 0.15) is 32.1 Å². The number of halogens is 2. The van der Waals surface area contributed by atoms with E-state index < -0.39 is 0 Å². The second kappa shape index (κ2) is 12.0. The van der Waals surface area contributed by atoms with Gasteiger partial charge in [0.1, 0.15) is 0 Å². The zero-order chi connectivity index (χ0) is 20.4. The van der Waals surface area contributed by atoms with Crippen molar-refractivity contribution in [1.82, 2.24) is 15.0 Å². The molecule has 0 unspecified atom stereocenters. The lowest BCUT2D eigenvalue weighted by atomic mass is 10.1. The Morgan fingerprint density at radius 1 is 1.21 bits per heavy atom. The van der Waals surface area contributed by atoms with E-state index in [4.69, 9.17) is 33.1 Å². The predicted molar refractivity (Wildman–Crippen MR) is 113 cm³/mol. The molecule has 2 aromatic rings. The van der Waals surface area contributed by atoms with Gasteiger partial charge in [0.05, 0.1) is 17.6 Å². The quantitative estimate of drug-likeness (QED) is 0.219. The minimum atomic E-state index is -0.342. The van der Waals surface area contributed by atoms with E-state index in [1.165, 1.54) is 0 Å². The van der Waals surface area contributed by atoms with Crippen LogP contribution >= 0.6 is 23.2 Å². The van der Waals surface area contributed by atoms with E-state index in [0.29, 0.717) is 30.8 Å². The summed E-state index contributed by atoms with van der Waals surface area (Å²) in [5.41, 5.74) is 4.57. The van der Waals surface area contributed by atoms with Crippen molar-refractivity contribution in [3.63, 3.8) is 0 Å². The van der Waals surface area contributed by atoms with Gasteiger partial charge in [-0.15, -0.1) is 23.2 Å². The van der Waals surface area contributed by atoms with Gasteiger partial charge in [-0.25, -0.2) is 5.48 Å². The van der Waals surface area contributed by atoms with Gasteiger partial charge < -0.3 is 9.64 Å². The fraction of sp³-hybridized carbons (Fsp3) is 0.579. The highest BCUT2D eigenvalue weighted by atomic mass is 35.5. The third-order valence-corrected chi connectivity index (χ3v) is 4.89. The highest BCUT2D eigenvalue weighted by Crippen LogP contribution is 2.25. The molecular weight excluding hydrogens is 403 g/mol. The third-order valence-electron chi connectivity index (χ3n) is 4.55. The van der Waals surface area contributed by atoms with Crippen molar-refractivity contribution in [3.05, 3.63) is 18.2 Å². The van der Waals surface area contributed by atoms with Crippen LogP contribution in [0.15, 0.2) is 18.2 Å². The van der Waals surface area contributed by atoms with Crippen molar-refractivity contribution < 1.29 is 14.7 Å². The molecule has 7 nitrogen and oxygen atoms in total. The number of alkyl halides is 2. The smallest absolute Gasteiger partial charge is 0.297 e. The van der Waals surface area contributed by atoms with E-state index >= 15 is 0 Å². The summed E-state index contributed by atoms with van der Waals surface area (Å²) in [5.74, 6) is 0.734. The average molecular weight is 431 g/mol. The van der Waals surface area contributed by atoms with Crippen LogP contribution in [-0.4, -0.2) is 52.1 Å². The van der Waals surface area contributed by atoms with Crippen molar-refractivity contribution in [1.29, 1.82) is 0 Å². The van der Waals surface area contributed by atoms with Crippen LogP contribution in [0.3, 0.4) is 0 Å². The first-order valence-electron chi connectivity index (χ1n) is 9.49. The minimum Gasteiger partial charge on any atom is -0.465 e. The molecule has 0 aliphatic heterocycles. The van der Waals surface area contributed by atoms with Crippen molar-refractivity contribution in [2.24, 2.45) is 7.05 Å². The molecule has 0 aliphatic carbocycles. The first-order valence-corrected chi connectivity index (χ1v) is 10.6. The molecule has 28 heavy (non-hydrogen) atoms. The van der Waals surface area contributed by atoms with Crippen LogP contribution in [0.4, 0.5) is 5.69 Å². The molecule has 0 atom stereocenters. The van der Waals surface area contributed by atoms with Gasteiger partial charge in [0.25, 0.3) is 6.01 Å². The summed E-state index contributed by atoms with van der Waals surface area (Å²) in [6.45, 7) is 2.03. The molecule has 1 heterocycles. The number of imidazole rings is 1. The van der Waals surface area contributed by atoms with E-state index in [-0.39, 0.29) is 5.91 Å². The first kappa shape index (κ1) is 22.6. The Kier molecular flexibility index (Phi) is 9.67. The number of benzene rings is 1. The Morgan fingerprint density at radius 3 is 2.61 bits per heavy atom. The highest BCUT2D eigenvalue weighted by Gasteiger charge is 2.12. The molecule has 1 aromatic heterocycles. The minimum absolute atomic E-state index is 0.342. The fourth-order valence-electron chi connectivity index (χ4n) is 3.03. The summed E-state index contributed by atoms with van der Waals surface area (Å²) in [4.78, 5) is 17.7. The number of aromatic nitrogens is 2. The van der Waals surface area contributed by atoms with Crippen molar-refractivity contribution in [2.45, 2.75) is 32.1 Å². The molecule has 0 saturated heterocycles. The lowest BCUT2D eigenvalue weighted by molar-refractivity contribution is -0.129. The average Bonchev–Trinajstić information content (AvgIpc) is 3.01. The number of amides is 1. The predicted octanol–water partition coefficient (Wildman–Crippen LogP) is 3.69. The van der Waals surface area contributed by atoms with Crippen LogP contribution in [0, 0.1) is 0 Å². The summed E-state index contributed by atoms with van der Waals surface area (Å²) in [7, 11) is 1.94. The number of nitrogens with one attached hydrogen (secondary N) is 1. The molecule has 156 valence electrons. The fourth-order valence-corrected chi connectivity index (χ4v) is 3.43. The largest absolute Gasteiger partial charge is 0.465 e. The zero-order valence-corrected chi connectivity index (χ0v) is 17.7. The number of carbonyl (C=O) groups excluding carboxylic acids is 1. The van der Waals surface area contributed by atoms with Gasteiger partial charge in [0.15, 0.2) is 0 Å². The number of hydrogen-bond acceptors (Lipinski definition) is 5. The van der Waals surface area contributed by atoms with Crippen LogP contribution in [0.25, 0.3) is 11.0 Å². The van der Waals surface area contributed by atoms with E-state index in [2.05, 4.69) is 16.0 Å². The van der Waals surface area contributed by atoms with Crippen molar-refractivity contribution >= 4 is 45.8 Å². The number of unbranched alkanes of at least 4 members (excludes halogenated alkanes) is 3. The van der Waals surface area contributed by atoms with Crippen molar-refractivity contribution in [3.8, 4) is 6.01 Å². The molecule has 0 aliphatic rings. The van der Waals surface area contributed by atoms with Gasteiger partial charge in [-0.3, -0.25) is 14.6 Å². The van der Waals surface area contributed by atoms with Crippen LogP contribution in [0.2, 0.25) is 0 Å². The number of rotatable bonds is 13. The Bertz CT molecular complexity index is 748. The van der Waals surface area contributed by atoms with Gasteiger partial charge in [-0.2, -0.15) is 4.98 Å². The second-order valence-corrected chi connectivity index (χ2v) is 7.30. The maximum Gasteiger partial charge on any atom is 0.297 e. The number of aryl methyl sites for hydroxylation is 1. The summed E-state index contributed by atoms with van der Waals surface area (Å²) in [5, 5.41) is 8.45. The van der Waals surface area contributed by atoms with Crippen molar-refractivity contribution in [2.75, 3.05) is 36.4 Å². The molecular formula is C19H28Cl2N4O3. The maximum absolute atomic E-state index is 10.9. The summed E-state index contributed by atoms with van der Waals surface area (Å²) < 4.78 is 7.79. The summed E-state index contributed by atoms with van der Waals surface area (Å²) in [6, 6.07) is 6.71. The van der Waals surface area contributed by atoms with Gasteiger partial charge in [-0.1, -0.05) is 12.8 Å². The van der Waals surface area contributed by atoms with Crippen LogP contribution in [0.5, 0.6) is 6.01 Å². The lowest BCUT2D eigenvalue weighted by Gasteiger charge is -2.22. The Balaban J connectivity index is 1.89. The Labute approximate surface area is 175 Å². The van der Waals surface area contributed by atoms with Gasteiger partial charge >= 0.3 is 0 Å². The Morgan fingerprint density at radius 2 is 1.93 bits per heavy atom. The molecule has 0 saturated carbocycles. The van der Waals surface area contributed by atoms with Crippen LogP contribution < -0.4 is 15.1 Å². The topological polar surface area (TPSA) is 79.6 Å². The van der Waals surface area contributed by atoms with Gasteiger partial charge in [0, 0.05) is 44.0 Å². The molecule has 1 aromatic carbocycles. The first-order chi connectivity index (χ1) is 13.6. The number of anilines is 1. The second-order valence-electron chi connectivity index (χ2n) is 6.54. The highest BCUT2D eigenvalue weighted by molar-refractivity contribution is 6.18. The lowest BCUT2D eigenvalue weighted by Crippen LogP contribution is -2.27. The van der Waals surface area contributed by atoms with E-state index in [0.717, 1.165) is 55.5 Å². The molecule has 0 bridgehead atoms. The molecule has 2 N–H and O–H groups in total. The number of ether oxygens (including phenoxy) is 1. The zero-order valence-electron chi connectivity index (χ0n) is 16.2. The molecule has 0 radical (unpaired) electrons. The number of nitrogens with zero attached hydrogens (tertiary/aromatic N) is 3. The van der Waals surface area contributed by atoms with Crippen LogP contribution in [-0.2, 0) is 11.8 Å². The molecule has 2 rings (SSSR count). The maximum atomic E-state index is 10.9. The summed E-state index contributed by atoms with van der Waals surface area (Å²) >= 11 is 11.8. The number of hydrogen-bond donors (Lipinski definition) is 2. The molecule has 0 fully saturated rings. The van der Waals surface area contributed by atoms with E-state index in [9.17, 15) is 4.79 Å². The number of hydroxylamine groups is 1.